The number of carbonyl (C=O) groups excluding carboxylic acids is 1. The Morgan fingerprint density at radius 3 is 2.77 bits per heavy atom. The van der Waals surface area contributed by atoms with Crippen LogP contribution in [0.2, 0.25) is 0 Å². The zero-order valence-electron chi connectivity index (χ0n) is 17.6. The lowest BCUT2D eigenvalue weighted by Gasteiger charge is -2.33. The summed E-state index contributed by atoms with van der Waals surface area (Å²) >= 11 is 0. The van der Waals surface area contributed by atoms with Crippen molar-refractivity contribution >= 4 is 17.0 Å². The van der Waals surface area contributed by atoms with Crippen molar-refractivity contribution in [2.75, 3.05) is 13.1 Å². The summed E-state index contributed by atoms with van der Waals surface area (Å²) in [5.41, 5.74) is 0.401. The summed E-state index contributed by atoms with van der Waals surface area (Å²) in [7, 11) is 0. The van der Waals surface area contributed by atoms with Crippen LogP contribution in [0.5, 0.6) is 0 Å². The zero-order chi connectivity index (χ0) is 22.3. The molecule has 0 N–H and O–H groups in total. The van der Waals surface area contributed by atoms with Crippen molar-refractivity contribution in [3.63, 3.8) is 0 Å². The Morgan fingerprint density at radius 1 is 1.32 bits per heavy atom. The number of likely N-dealkylation sites (tertiary alicyclic amines) is 1. The van der Waals surface area contributed by atoms with Gasteiger partial charge >= 0.3 is 6.18 Å². The first-order chi connectivity index (χ1) is 14.6. The van der Waals surface area contributed by atoms with Gasteiger partial charge in [-0.15, -0.1) is 0 Å². The number of carbonyl (C=O) groups is 1. The van der Waals surface area contributed by atoms with Gasteiger partial charge in [0.05, 0.1) is 34.8 Å². The summed E-state index contributed by atoms with van der Waals surface area (Å²) in [6.45, 7) is 6.52. The van der Waals surface area contributed by atoms with Crippen LogP contribution in [0.4, 0.5) is 13.2 Å². The van der Waals surface area contributed by atoms with Crippen LogP contribution in [0.15, 0.2) is 22.9 Å². The van der Waals surface area contributed by atoms with E-state index in [4.69, 9.17) is 4.52 Å². The second kappa shape index (κ2) is 7.97. The fourth-order valence-corrected chi connectivity index (χ4v) is 4.23. The smallest absolute Gasteiger partial charge is 0.342 e. The maximum Gasteiger partial charge on any atom is 0.417 e. The van der Waals surface area contributed by atoms with Gasteiger partial charge in [-0.2, -0.15) is 18.3 Å². The highest BCUT2D eigenvalue weighted by molar-refractivity contribution is 5.82. The summed E-state index contributed by atoms with van der Waals surface area (Å²) in [4.78, 5) is 18.8. The average Bonchev–Trinajstić information content (AvgIpc) is 3.31. The van der Waals surface area contributed by atoms with E-state index in [1.165, 1.54) is 6.92 Å². The number of aromatic nitrogens is 4. The lowest BCUT2D eigenvalue weighted by atomic mass is 9.91. The third-order valence-electron chi connectivity index (χ3n) is 5.68. The molecule has 31 heavy (non-hydrogen) atoms. The molecule has 0 unspecified atom stereocenters. The molecule has 0 spiro atoms. The molecule has 1 saturated heterocycles. The Balaban J connectivity index is 1.57. The van der Waals surface area contributed by atoms with E-state index >= 15 is 0 Å². The normalized spacial score (nSPS) is 18.5. The molecule has 2 atom stereocenters. The van der Waals surface area contributed by atoms with Crippen LogP contribution in [0.3, 0.4) is 0 Å². The molecule has 4 heterocycles. The van der Waals surface area contributed by atoms with Gasteiger partial charge in [-0.1, -0.05) is 12.1 Å². The minimum atomic E-state index is -4.55. The van der Waals surface area contributed by atoms with Crippen LogP contribution in [0, 0.1) is 19.8 Å². The number of halogens is 3. The molecule has 1 aliphatic rings. The molecule has 1 amide bonds. The van der Waals surface area contributed by atoms with Crippen molar-refractivity contribution in [1.82, 2.24) is 24.8 Å². The van der Waals surface area contributed by atoms with Crippen LogP contribution < -0.4 is 0 Å². The number of piperidine rings is 1. The number of alkyl halides is 3. The summed E-state index contributed by atoms with van der Waals surface area (Å²) < 4.78 is 47.9. The van der Waals surface area contributed by atoms with Gasteiger partial charge in [0, 0.05) is 30.9 Å². The minimum Gasteiger partial charge on any atom is -0.342 e. The van der Waals surface area contributed by atoms with Gasteiger partial charge in [0.15, 0.2) is 0 Å². The lowest BCUT2D eigenvalue weighted by molar-refractivity contribution is -0.137. The standard InChI is InChI=1S/C21H24F3N5O2/c1-12(10-29-8-6-13(2)26-29)20(30)28-7-4-5-15(11-28)18-17-16(21(22,23)24)9-14(3)25-19(17)31-27-18/h6,8-9,12,15H,4-5,7,10-11H2,1-3H3/t12-,15-/m1/s1. The van der Waals surface area contributed by atoms with Crippen molar-refractivity contribution < 1.29 is 22.5 Å². The van der Waals surface area contributed by atoms with E-state index in [1.807, 2.05) is 26.1 Å². The Labute approximate surface area is 177 Å². The molecule has 10 heteroatoms. The predicted molar refractivity (Wildman–Crippen MR) is 106 cm³/mol. The van der Waals surface area contributed by atoms with E-state index in [-0.39, 0.29) is 40.2 Å². The molecule has 0 aromatic carbocycles. The van der Waals surface area contributed by atoms with Gasteiger partial charge in [0.2, 0.25) is 5.91 Å². The van der Waals surface area contributed by atoms with Gasteiger partial charge in [-0.25, -0.2) is 4.98 Å². The molecular formula is C21H24F3N5O2. The van der Waals surface area contributed by atoms with E-state index in [0.29, 0.717) is 32.5 Å². The molecule has 166 valence electrons. The molecule has 0 aliphatic carbocycles. The SMILES string of the molecule is Cc1cc(C(F)(F)F)c2c([C@@H]3CCCN(C(=O)[C@H](C)Cn4ccc(C)n4)C3)noc2n1. The first-order valence-electron chi connectivity index (χ1n) is 10.3. The number of fused-ring (bicyclic) bond motifs is 1. The average molecular weight is 435 g/mol. The molecule has 7 nitrogen and oxygen atoms in total. The predicted octanol–water partition coefficient (Wildman–Crippen LogP) is 4.10. The molecule has 3 aromatic heterocycles. The van der Waals surface area contributed by atoms with Crippen molar-refractivity contribution in [1.29, 1.82) is 0 Å². The van der Waals surface area contributed by atoms with E-state index < -0.39 is 11.7 Å². The monoisotopic (exact) mass is 435 g/mol. The number of rotatable bonds is 4. The Bertz CT molecular complexity index is 1100. The fourth-order valence-electron chi connectivity index (χ4n) is 4.23. The molecule has 0 bridgehead atoms. The van der Waals surface area contributed by atoms with Crippen LogP contribution >= 0.6 is 0 Å². The quantitative estimate of drug-likeness (QED) is 0.617. The maximum atomic E-state index is 13.7. The number of aryl methyl sites for hydroxylation is 2. The summed E-state index contributed by atoms with van der Waals surface area (Å²) in [5.74, 6) is -0.693. The van der Waals surface area contributed by atoms with Crippen molar-refractivity contribution in [2.45, 2.75) is 52.3 Å². The topological polar surface area (TPSA) is 77.0 Å². The van der Waals surface area contributed by atoms with Crippen LogP contribution in [0.1, 0.15) is 48.3 Å². The molecule has 1 aliphatic heterocycles. The maximum absolute atomic E-state index is 13.7. The van der Waals surface area contributed by atoms with Crippen LogP contribution in [-0.4, -0.2) is 43.8 Å². The van der Waals surface area contributed by atoms with Gasteiger partial charge in [0.1, 0.15) is 0 Å². The highest BCUT2D eigenvalue weighted by Crippen LogP contribution is 2.40. The second-order valence-electron chi connectivity index (χ2n) is 8.26. The molecule has 0 radical (unpaired) electrons. The first-order valence-corrected chi connectivity index (χ1v) is 10.3. The number of hydrogen-bond donors (Lipinski definition) is 0. The van der Waals surface area contributed by atoms with Gasteiger partial charge < -0.3 is 9.42 Å². The van der Waals surface area contributed by atoms with Crippen LogP contribution in [0.25, 0.3) is 11.1 Å². The van der Waals surface area contributed by atoms with Crippen molar-refractivity contribution in [2.24, 2.45) is 5.92 Å². The molecule has 4 rings (SSSR count). The Kier molecular flexibility index (Phi) is 5.49. The third-order valence-corrected chi connectivity index (χ3v) is 5.68. The van der Waals surface area contributed by atoms with E-state index in [1.54, 1.807) is 9.58 Å². The number of nitrogens with zero attached hydrogens (tertiary/aromatic N) is 5. The second-order valence-corrected chi connectivity index (χ2v) is 8.26. The number of amides is 1. The van der Waals surface area contributed by atoms with Gasteiger partial charge in [-0.3, -0.25) is 9.48 Å². The zero-order valence-corrected chi connectivity index (χ0v) is 17.6. The van der Waals surface area contributed by atoms with E-state index in [0.717, 1.165) is 11.8 Å². The molecule has 3 aromatic rings. The fraction of sp³-hybridized carbons (Fsp3) is 0.524. The van der Waals surface area contributed by atoms with E-state index in [9.17, 15) is 18.0 Å². The summed E-state index contributed by atoms with van der Waals surface area (Å²) in [6.07, 6.45) is -1.41. The Hall–Kier alpha value is -2.91. The third kappa shape index (κ3) is 4.28. The van der Waals surface area contributed by atoms with Gasteiger partial charge in [0.25, 0.3) is 5.71 Å². The first kappa shape index (κ1) is 21.3. The largest absolute Gasteiger partial charge is 0.417 e. The summed E-state index contributed by atoms with van der Waals surface area (Å²) in [5, 5.41) is 8.17. The Morgan fingerprint density at radius 2 is 2.10 bits per heavy atom. The van der Waals surface area contributed by atoms with Crippen LogP contribution in [-0.2, 0) is 17.5 Å². The van der Waals surface area contributed by atoms with Gasteiger partial charge in [-0.05, 0) is 38.8 Å². The molecular weight excluding hydrogens is 411 g/mol. The highest BCUT2D eigenvalue weighted by atomic mass is 19.4. The van der Waals surface area contributed by atoms with Crippen molar-refractivity contribution in [3.05, 3.63) is 41.0 Å². The molecule has 0 saturated carbocycles. The van der Waals surface area contributed by atoms with E-state index in [2.05, 4.69) is 15.2 Å². The lowest BCUT2D eigenvalue weighted by Crippen LogP contribution is -2.42. The number of hydrogen-bond acceptors (Lipinski definition) is 5. The number of pyridine rings is 1. The molecule has 1 fully saturated rings. The highest BCUT2D eigenvalue weighted by Gasteiger charge is 2.38. The minimum absolute atomic E-state index is 0.0457. The van der Waals surface area contributed by atoms with Crippen molar-refractivity contribution in [3.8, 4) is 0 Å². The summed E-state index contributed by atoms with van der Waals surface area (Å²) in [6, 6.07) is 2.89.